The summed E-state index contributed by atoms with van der Waals surface area (Å²) in [6.45, 7) is 4.55. The molecule has 4 rings (SSSR count). The number of aromatic nitrogens is 3. The Hall–Kier alpha value is -2.84. The summed E-state index contributed by atoms with van der Waals surface area (Å²) in [5.74, 6) is 1.14. The van der Waals surface area contributed by atoms with Crippen LogP contribution in [-0.4, -0.2) is 21.6 Å². The Morgan fingerprint density at radius 1 is 1.20 bits per heavy atom. The van der Waals surface area contributed by atoms with Crippen LogP contribution in [0.1, 0.15) is 19.5 Å². The van der Waals surface area contributed by atoms with E-state index in [0.717, 1.165) is 16.8 Å². The Balaban J connectivity index is 1.52. The van der Waals surface area contributed by atoms with Crippen molar-refractivity contribution in [1.29, 1.82) is 0 Å². The SMILES string of the molecule is CC(C)COc1c[nH]c(CSc2nc3scc(-c4ccccc4)c3c(=O)[nH]2)cc1=O. The van der Waals surface area contributed by atoms with Crippen LogP contribution in [0.2, 0.25) is 0 Å². The van der Waals surface area contributed by atoms with Gasteiger partial charge in [0, 0.05) is 34.7 Å². The highest BCUT2D eigenvalue weighted by atomic mass is 32.2. The second-order valence-electron chi connectivity index (χ2n) is 7.25. The van der Waals surface area contributed by atoms with E-state index in [-0.39, 0.29) is 11.0 Å². The lowest BCUT2D eigenvalue weighted by Gasteiger charge is -2.08. The normalized spacial score (nSPS) is 11.3. The first-order chi connectivity index (χ1) is 14.5. The highest BCUT2D eigenvalue weighted by Crippen LogP contribution is 2.31. The summed E-state index contributed by atoms with van der Waals surface area (Å²) in [7, 11) is 0. The van der Waals surface area contributed by atoms with Crippen molar-refractivity contribution in [3.8, 4) is 16.9 Å². The molecular formula is C22H21N3O3S2. The molecule has 0 unspecified atom stereocenters. The van der Waals surface area contributed by atoms with Crippen LogP contribution in [0.3, 0.4) is 0 Å². The number of nitrogens with one attached hydrogen (secondary N) is 2. The molecule has 1 aromatic carbocycles. The predicted molar refractivity (Wildman–Crippen MR) is 123 cm³/mol. The first kappa shape index (κ1) is 20.4. The fourth-order valence-corrected chi connectivity index (χ4v) is 4.71. The van der Waals surface area contributed by atoms with Crippen molar-refractivity contribution in [1.82, 2.24) is 15.0 Å². The Morgan fingerprint density at radius 2 is 2.00 bits per heavy atom. The van der Waals surface area contributed by atoms with Crippen molar-refractivity contribution in [2.45, 2.75) is 24.8 Å². The second-order valence-corrected chi connectivity index (χ2v) is 9.07. The molecule has 0 aliphatic rings. The molecule has 0 bridgehead atoms. The molecule has 0 saturated carbocycles. The minimum absolute atomic E-state index is 0.159. The fourth-order valence-electron chi connectivity index (χ4n) is 2.93. The zero-order chi connectivity index (χ0) is 21.1. The molecule has 4 aromatic rings. The molecule has 0 aliphatic carbocycles. The lowest BCUT2D eigenvalue weighted by atomic mass is 10.1. The zero-order valence-electron chi connectivity index (χ0n) is 16.6. The van der Waals surface area contributed by atoms with Gasteiger partial charge in [0.25, 0.3) is 5.56 Å². The molecule has 3 aromatic heterocycles. The number of hydrogen-bond donors (Lipinski definition) is 2. The molecular weight excluding hydrogens is 418 g/mol. The maximum absolute atomic E-state index is 12.7. The first-order valence-corrected chi connectivity index (χ1v) is 11.4. The molecule has 2 N–H and O–H groups in total. The molecule has 0 atom stereocenters. The molecule has 0 amide bonds. The summed E-state index contributed by atoms with van der Waals surface area (Å²) in [5.41, 5.74) is 2.30. The third kappa shape index (κ3) is 4.49. The van der Waals surface area contributed by atoms with Crippen LogP contribution in [0.15, 0.2) is 62.7 Å². The van der Waals surface area contributed by atoms with E-state index >= 15 is 0 Å². The molecule has 0 radical (unpaired) electrons. The molecule has 6 nitrogen and oxygen atoms in total. The van der Waals surface area contributed by atoms with Crippen LogP contribution in [0.5, 0.6) is 5.75 Å². The third-order valence-corrected chi connectivity index (χ3v) is 6.17. The van der Waals surface area contributed by atoms with Crippen LogP contribution < -0.4 is 15.7 Å². The standard InChI is InChI=1S/C22H21N3O3S2/c1-13(2)10-28-18-9-23-15(8-17(18)26)11-30-22-24-20(27)19-16(12-29-21(19)25-22)14-6-4-3-5-7-14/h3-9,12-13H,10-11H2,1-2H3,(H,23,26)(H,24,25,27). The number of thioether (sulfide) groups is 1. The van der Waals surface area contributed by atoms with E-state index in [0.29, 0.717) is 39.4 Å². The maximum atomic E-state index is 12.7. The highest BCUT2D eigenvalue weighted by Gasteiger charge is 2.13. The Kier molecular flexibility index (Phi) is 6.06. The van der Waals surface area contributed by atoms with Gasteiger partial charge >= 0.3 is 0 Å². The van der Waals surface area contributed by atoms with Crippen LogP contribution >= 0.6 is 23.1 Å². The van der Waals surface area contributed by atoms with Gasteiger partial charge in [0.05, 0.1) is 12.0 Å². The van der Waals surface area contributed by atoms with Gasteiger partial charge < -0.3 is 14.7 Å². The maximum Gasteiger partial charge on any atom is 0.260 e. The Morgan fingerprint density at radius 3 is 2.73 bits per heavy atom. The van der Waals surface area contributed by atoms with Crippen molar-refractivity contribution >= 4 is 33.3 Å². The smallest absolute Gasteiger partial charge is 0.260 e. The average molecular weight is 440 g/mol. The van der Waals surface area contributed by atoms with Gasteiger partial charge in [-0.2, -0.15) is 0 Å². The van der Waals surface area contributed by atoms with Crippen molar-refractivity contribution in [3.63, 3.8) is 0 Å². The van der Waals surface area contributed by atoms with Crippen molar-refractivity contribution < 1.29 is 4.74 Å². The molecule has 30 heavy (non-hydrogen) atoms. The van der Waals surface area contributed by atoms with Crippen molar-refractivity contribution in [3.05, 3.63) is 74.2 Å². The van der Waals surface area contributed by atoms with E-state index in [1.807, 2.05) is 49.6 Å². The van der Waals surface area contributed by atoms with Gasteiger partial charge in [0.15, 0.2) is 10.9 Å². The molecule has 8 heteroatoms. The van der Waals surface area contributed by atoms with Crippen molar-refractivity contribution in [2.24, 2.45) is 5.92 Å². The number of benzene rings is 1. The molecule has 3 heterocycles. The quantitative estimate of drug-likeness (QED) is 0.323. The Labute approximate surface area is 181 Å². The van der Waals surface area contributed by atoms with E-state index in [1.54, 1.807) is 6.20 Å². The number of aromatic amines is 2. The number of fused-ring (bicyclic) bond motifs is 1. The van der Waals surface area contributed by atoms with Crippen LogP contribution in [0.4, 0.5) is 0 Å². The number of H-pyrrole nitrogens is 2. The monoisotopic (exact) mass is 439 g/mol. The minimum Gasteiger partial charge on any atom is -0.488 e. The van der Waals surface area contributed by atoms with Crippen molar-refractivity contribution in [2.75, 3.05) is 6.61 Å². The van der Waals surface area contributed by atoms with E-state index in [4.69, 9.17) is 4.74 Å². The van der Waals surface area contributed by atoms with Crippen LogP contribution in [0.25, 0.3) is 21.3 Å². The summed E-state index contributed by atoms with van der Waals surface area (Å²) in [4.78, 5) is 36.2. The number of thiophene rings is 1. The van der Waals surface area contributed by atoms with Gasteiger partial charge in [-0.25, -0.2) is 4.98 Å². The lowest BCUT2D eigenvalue weighted by molar-refractivity contribution is 0.268. The van der Waals surface area contributed by atoms with Gasteiger partial charge in [-0.3, -0.25) is 9.59 Å². The predicted octanol–water partition coefficient (Wildman–Crippen LogP) is 4.67. The van der Waals surface area contributed by atoms with Crippen LogP contribution in [-0.2, 0) is 5.75 Å². The van der Waals surface area contributed by atoms with E-state index in [9.17, 15) is 9.59 Å². The second kappa shape index (κ2) is 8.89. The largest absolute Gasteiger partial charge is 0.488 e. The number of pyridine rings is 1. The number of nitrogens with zero attached hydrogens (tertiary/aromatic N) is 1. The molecule has 0 fully saturated rings. The van der Waals surface area contributed by atoms with Gasteiger partial charge in [0.2, 0.25) is 5.43 Å². The number of ether oxygens (including phenoxy) is 1. The number of rotatable bonds is 7. The summed E-state index contributed by atoms with van der Waals surface area (Å²) in [6.07, 6.45) is 1.59. The van der Waals surface area contributed by atoms with Crippen LogP contribution in [0, 0.1) is 5.92 Å². The topological polar surface area (TPSA) is 87.8 Å². The third-order valence-electron chi connectivity index (χ3n) is 4.38. The molecule has 154 valence electrons. The van der Waals surface area contributed by atoms with Gasteiger partial charge in [-0.1, -0.05) is 55.9 Å². The summed E-state index contributed by atoms with van der Waals surface area (Å²) >= 11 is 2.82. The van der Waals surface area contributed by atoms with E-state index < -0.39 is 0 Å². The molecule has 0 spiro atoms. The molecule has 0 aliphatic heterocycles. The summed E-state index contributed by atoms with van der Waals surface area (Å²) < 4.78 is 5.51. The lowest BCUT2D eigenvalue weighted by Crippen LogP contribution is -2.13. The summed E-state index contributed by atoms with van der Waals surface area (Å²) in [6, 6.07) is 11.3. The highest BCUT2D eigenvalue weighted by molar-refractivity contribution is 7.98. The first-order valence-electron chi connectivity index (χ1n) is 9.55. The fraction of sp³-hybridized carbons (Fsp3) is 0.227. The van der Waals surface area contributed by atoms with E-state index in [2.05, 4.69) is 15.0 Å². The Bertz CT molecular complexity index is 1280. The zero-order valence-corrected chi connectivity index (χ0v) is 18.2. The van der Waals surface area contributed by atoms with Gasteiger partial charge in [-0.15, -0.1) is 11.3 Å². The van der Waals surface area contributed by atoms with E-state index in [1.165, 1.54) is 29.2 Å². The van der Waals surface area contributed by atoms with Gasteiger partial charge in [-0.05, 0) is 11.5 Å². The summed E-state index contributed by atoms with van der Waals surface area (Å²) in [5, 5.41) is 3.09. The van der Waals surface area contributed by atoms with Gasteiger partial charge in [0.1, 0.15) is 4.83 Å². The number of hydrogen-bond acceptors (Lipinski definition) is 6. The average Bonchev–Trinajstić information content (AvgIpc) is 3.17. The minimum atomic E-state index is -0.160. The molecule has 0 saturated heterocycles.